The molecule has 3 rings (SSSR count). The first-order valence-corrected chi connectivity index (χ1v) is 7.33. The lowest BCUT2D eigenvalue weighted by molar-refractivity contribution is 0.190. The molecule has 1 aliphatic rings. The molecule has 1 atom stereocenters. The maximum Gasteiger partial charge on any atom is 0.136 e. The largest absolute Gasteiger partial charge is 0.496 e. The summed E-state index contributed by atoms with van der Waals surface area (Å²) >= 11 is 0. The quantitative estimate of drug-likeness (QED) is 0.921. The second-order valence-electron chi connectivity index (χ2n) is 5.43. The molecule has 0 saturated heterocycles. The molecule has 0 bridgehead atoms. The Labute approximate surface area is 125 Å². The zero-order valence-corrected chi connectivity index (χ0v) is 12.4. The van der Waals surface area contributed by atoms with E-state index in [2.05, 4.69) is 12.1 Å². The van der Waals surface area contributed by atoms with Crippen LogP contribution >= 0.6 is 0 Å². The highest BCUT2D eigenvalue weighted by Gasteiger charge is 2.17. The summed E-state index contributed by atoms with van der Waals surface area (Å²) in [7, 11) is 1.60. The highest BCUT2D eigenvalue weighted by atomic mass is 16.5. The van der Waals surface area contributed by atoms with Gasteiger partial charge in [0.25, 0.3) is 0 Å². The van der Waals surface area contributed by atoms with E-state index in [1.165, 1.54) is 17.5 Å². The van der Waals surface area contributed by atoms with Crippen LogP contribution in [0.15, 0.2) is 36.4 Å². The van der Waals surface area contributed by atoms with Crippen molar-refractivity contribution < 1.29 is 14.6 Å². The van der Waals surface area contributed by atoms with Crippen LogP contribution in [0.5, 0.6) is 17.2 Å². The first-order valence-electron chi connectivity index (χ1n) is 7.33. The smallest absolute Gasteiger partial charge is 0.136 e. The van der Waals surface area contributed by atoms with Crippen molar-refractivity contribution in [3.63, 3.8) is 0 Å². The minimum atomic E-state index is -0.648. The molecule has 1 aliphatic carbocycles. The molecule has 0 aliphatic heterocycles. The molecule has 3 nitrogen and oxygen atoms in total. The fourth-order valence-electron chi connectivity index (χ4n) is 2.94. The van der Waals surface area contributed by atoms with Gasteiger partial charge in [-0.1, -0.05) is 12.1 Å². The van der Waals surface area contributed by atoms with Crippen molar-refractivity contribution in [3.8, 4) is 17.2 Å². The van der Waals surface area contributed by atoms with Crippen LogP contribution < -0.4 is 9.47 Å². The molecule has 0 fully saturated rings. The maximum atomic E-state index is 9.99. The first kappa shape index (κ1) is 14.0. The second kappa shape index (κ2) is 5.78. The highest BCUT2D eigenvalue weighted by molar-refractivity contribution is 5.49. The third-order valence-corrected chi connectivity index (χ3v) is 3.96. The number of hydrogen-bond acceptors (Lipinski definition) is 3. The summed E-state index contributed by atoms with van der Waals surface area (Å²) in [5, 5.41) is 9.99. The fourth-order valence-corrected chi connectivity index (χ4v) is 2.94. The molecule has 2 aromatic carbocycles. The minimum absolute atomic E-state index is 0.641. The Bertz CT molecular complexity index is 647. The molecule has 0 saturated carbocycles. The summed E-state index contributed by atoms with van der Waals surface area (Å²) < 4.78 is 11.3. The number of rotatable bonds is 4. The third kappa shape index (κ3) is 2.74. The molecule has 0 aromatic heterocycles. The molecule has 21 heavy (non-hydrogen) atoms. The lowest BCUT2D eigenvalue weighted by Gasteiger charge is -2.17. The van der Waals surface area contributed by atoms with Gasteiger partial charge in [-0.15, -0.1) is 0 Å². The van der Waals surface area contributed by atoms with Gasteiger partial charge >= 0.3 is 0 Å². The second-order valence-corrected chi connectivity index (χ2v) is 5.43. The van der Waals surface area contributed by atoms with Gasteiger partial charge in [0.15, 0.2) is 0 Å². The van der Waals surface area contributed by atoms with E-state index >= 15 is 0 Å². The Morgan fingerprint density at radius 3 is 2.57 bits per heavy atom. The van der Waals surface area contributed by atoms with Crippen molar-refractivity contribution in [1.82, 2.24) is 0 Å². The Morgan fingerprint density at radius 1 is 1.05 bits per heavy atom. The molecule has 0 radical (unpaired) electrons. The van der Waals surface area contributed by atoms with E-state index in [1.807, 2.05) is 24.3 Å². The minimum Gasteiger partial charge on any atom is -0.496 e. The van der Waals surface area contributed by atoms with Crippen LogP contribution in [-0.4, -0.2) is 12.2 Å². The van der Waals surface area contributed by atoms with Crippen LogP contribution in [0.25, 0.3) is 0 Å². The summed E-state index contributed by atoms with van der Waals surface area (Å²) in [6, 6.07) is 11.8. The van der Waals surface area contributed by atoms with Gasteiger partial charge in [-0.05, 0) is 61.6 Å². The number of hydrogen-bond donors (Lipinski definition) is 1. The zero-order valence-electron chi connectivity index (χ0n) is 12.4. The number of ether oxygens (including phenoxy) is 2. The molecular formula is C18H20O3. The van der Waals surface area contributed by atoms with Gasteiger partial charge in [0.05, 0.1) is 18.8 Å². The van der Waals surface area contributed by atoms with Crippen molar-refractivity contribution in [2.45, 2.75) is 32.3 Å². The lowest BCUT2D eigenvalue weighted by Crippen LogP contribution is -2.00. The van der Waals surface area contributed by atoms with E-state index in [-0.39, 0.29) is 0 Å². The van der Waals surface area contributed by atoms with E-state index in [0.717, 1.165) is 18.6 Å². The normalized spacial score (nSPS) is 14.6. The Balaban J connectivity index is 1.94. The summed E-state index contributed by atoms with van der Waals surface area (Å²) in [6.07, 6.45) is 2.85. The molecule has 2 aromatic rings. The van der Waals surface area contributed by atoms with Crippen LogP contribution in [-0.2, 0) is 12.8 Å². The van der Waals surface area contributed by atoms with Crippen LogP contribution in [0, 0.1) is 0 Å². The number of fused-ring (bicyclic) bond motifs is 1. The maximum absolute atomic E-state index is 9.99. The van der Waals surface area contributed by atoms with Gasteiger partial charge in [0.1, 0.15) is 17.2 Å². The Kier molecular flexibility index (Phi) is 3.84. The van der Waals surface area contributed by atoms with E-state index < -0.39 is 6.10 Å². The van der Waals surface area contributed by atoms with Gasteiger partial charge in [-0.25, -0.2) is 0 Å². The molecule has 1 N–H and O–H groups in total. The predicted octanol–water partition coefficient (Wildman–Crippen LogP) is 4.03. The average Bonchev–Trinajstić information content (AvgIpc) is 2.94. The molecule has 3 heteroatoms. The summed E-state index contributed by atoms with van der Waals surface area (Å²) in [4.78, 5) is 0. The number of aryl methyl sites for hydroxylation is 2. The summed E-state index contributed by atoms with van der Waals surface area (Å²) in [5.41, 5.74) is 3.47. The van der Waals surface area contributed by atoms with E-state index in [1.54, 1.807) is 14.0 Å². The van der Waals surface area contributed by atoms with Crippen molar-refractivity contribution in [2.75, 3.05) is 7.11 Å². The molecule has 0 amide bonds. The van der Waals surface area contributed by atoms with Crippen LogP contribution in [0.3, 0.4) is 0 Å². The number of aliphatic hydroxyl groups excluding tert-OH is 1. The van der Waals surface area contributed by atoms with Gasteiger partial charge in [-0.3, -0.25) is 0 Å². The van der Waals surface area contributed by atoms with E-state index in [4.69, 9.17) is 9.47 Å². The van der Waals surface area contributed by atoms with Crippen LogP contribution in [0.1, 0.15) is 36.1 Å². The van der Waals surface area contributed by atoms with Crippen molar-refractivity contribution in [3.05, 3.63) is 53.1 Å². The van der Waals surface area contributed by atoms with Crippen LogP contribution in [0.4, 0.5) is 0 Å². The van der Waals surface area contributed by atoms with Gasteiger partial charge in [0.2, 0.25) is 0 Å². The number of benzene rings is 2. The van der Waals surface area contributed by atoms with E-state index in [0.29, 0.717) is 17.1 Å². The number of methoxy groups -OCH3 is 1. The van der Waals surface area contributed by atoms with Crippen molar-refractivity contribution in [1.29, 1.82) is 0 Å². The van der Waals surface area contributed by atoms with Crippen molar-refractivity contribution >= 4 is 0 Å². The summed E-state index contributed by atoms with van der Waals surface area (Å²) in [6.45, 7) is 1.72. The summed E-state index contributed by atoms with van der Waals surface area (Å²) in [5.74, 6) is 2.09. The van der Waals surface area contributed by atoms with Gasteiger partial charge in [-0.2, -0.15) is 0 Å². The average molecular weight is 284 g/mol. The number of aliphatic hydroxyl groups is 1. The monoisotopic (exact) mass is 284 g/mol. The zero-order chi connectivity index (χ0) is 14.8. The van der Waals surface area contributed by atoms with Crippen molar-refractivity contribution in [2.24, 2.45) is 0 Å². The fraction of sp³-hybridized carbons (Fsp3) is 0.333. The highest BCUT2D eigenvalue weighted by Crippen LogP contribution is 2.37. The van der Waals surface area contributed by atoms with Crippen LogP contribution in [0.2, 0.25) is 0 Å². The topological polar surface area (TPSA) is 38.7 Å². The molecule has 1 unspecified atom stereocenters. The molecule has 110 valence electrons. The first-order chi connectivity index (χ1) is 10.2. The lowest BCUT2D eigenvalue weighted by atomic mass is 10.1. The molecular weight excluding hydrogens is 264 g/mol. The third-order valence-electron chi connectivity index (χ3n) is 3.96. The predicted molar refractivity (Wildman–Crippen MR) is 82.2 cm³/mol. The SMILES string of the molecule is COc1cccc(Oc2ccc3c(c2)CCC3)c1C(C)O. The van der Waals surface area contributed by atoms with E-state index in [9.17, 15) is 5.11 Å². The standard InChI is InChI=1S/C18H20O3/c1-12(19)18-16(20-2)7-4-8-17(18)21-15-10-9-13-5-3-6-14(13)11-15/h4,7-12,19H,3,5-6H2,1-2H3. The van der Waals surface area contributed by atoms with Gasteiger partial charge in [0, 0.05) is 0 Å². The van der Waals surface area contributed by atoms with Gasteiger partial charge < -0.3 is 14.6 Å². The Morgan fingerprint density at radius 2 is 1.81 bits per heavy atom. The molecule has 0 spiro atoms. The Hall–Kier alpha value is -2.00. The molecule has 0 heterocycles.